The molecular weight excluding hydrogens is 518 g/mol. The van der Waals surface area contributed by atoms with Gasteiger partial charge < -0.3 is 9.88 Å². The highest BCUT2D eigenvalue weighted by atomic mass is 32.1. The highest BCUT2D eigenvalue weighted by molar-refractivity contribution is 7.09. The maximum atomic E-state index is 13.1. The molecule has 4 aromatic rings. The van der Waals surface area contributed by atoms with Crippen LogP contribution in [0.25, 0.3) is 0 Å². The van der Waals surface area contributed by atoms with E-state index in [1.165, 1.54) is 35.6 Å². The van der Waals surface area contributed by atoms with Crippen molar-refractivity contribution in [1.29, 1.82) is 0 Å². The van der Waals surface area contributed by atoms with E-state index < -0.39 is 17.6 Å². The second-order valence-electron chi connectivity index (χ2n) is 8.62. The summed E-state index contributed by atoms with van der Waals surface area (Å²) in [5, 5.41) is 2.80. The summed E-state index contributed by atoms with van der Waals surface area (Å²) in [5.74, 6) is -1.43. The number of aryl methyl sites for hydroxylation is 1. The first-order valence-corrected chi connectivity index (χ1v) is 12.4. The fourth-order valence-electron chi connectivity index (χ4n) is 3.73. The molecule has 5 nitrogen and oxygen atoms in total. The number of rotatable bonds is 6. The Morgan fingerprint density at radius 2 is 1.61 bits per heavy atom. The third kappa shape index (κ3) is 6.44. The van der Waals surface area contributed by atoms with E-state index in [9.17, 15) is 27.2 Å². The second kappa shape index (κ2) is 11.1. The largest absolute Gasteiger partial charge is 0.416 e. The molecule has 0 aliphatic rings. The number of amides is 2. The number of benzene rings is 3. The van der Waals surface area contributed by atoms with Crippen molar-refractivity contribution in [3.8, 4) is 0 Å². The smallest absolute Gasteiger partial charge is 0.348 e. The van der Waals surface area contributed by atoms with Crippen LogP contribution in [-0.4, -0.2) is 16.4 Å². The minimum atomic E-state index is -4.57. The predicted octanol–water partition coefficient (Wildman–Crippen LogP) is 6.04. The molecule has 0 aliphatic carbocycles. The minimum absolute atomic E-state index is 0.157. The molecule has 0 fully saturated rings. The minimum Gasteiger partial charge on any atom is -0.348 e. The van der Waals surface area contributed by atoms with Crippen molar-refractivity contribution in [3.63, 3.8) is 0 Å². The zero-order chi connectivity index (χ0) is 27.4. The van der Waals surface area contributed by atoms with E-state index in [0.29, 0.717) is 16.9 Å². The Bertz CT molecular complexity index is 1550. The lowest BCUT2D eigenvalue weighted by atomic mass is 10.1. The van der Waals surface area contributed by atoms with Crippen molar-refractivity contribution < 1.29 is 27.2 Å². The van der Waals surface area contributed by atoms with Crippen LogP contribution in [-0.2, 0) is 19.3 Å². The number of aromatic nitrogens is 1. The molecule has 1 N–H and O–H groups in total. The topological polar surface area (TPSA) is 63.5 Å². The van der Waals surface area contributed by atoms with Gasteiger partial charge in [-0.1, -0.05) is 30.3 Å². The number of thiazole rings is 1. The van der Waals surface area contributed by atoms with Crippen LogP contribution in [0.2, 0.25) is 0 Å². The van der Waals surface area contributed by atoms with Gasteiger partial charge in [0.25, 0.3) is 11.8 Å². The van der Waals surface area contributed by atoms with E-state index in [1.807, 2.05) is 19.9 Å². The predicted molar refractivity (Wildman–Crippen MR) is 136 cm³/mol. The summed E-state index contributed by atoms with van der Waals surface area (Å²) >= 11 is 1.26. The monoisotopic (exact) mass is 541 g/mol. The van der Waals surface area contributed by atoms with Gasteiger partial charge in [-0.15, -0.1) is 11.3 Å². The number of carbonyl (C=O) groups excluding carboxylic acids is 2. The lowest BCUT2D eigenvalue weighted by Gasteiger charge is -2.10. The summed E-state index contributed by atoms with van der Waals surface area (Å²) in [6.45, 7) is 4.26. The van der Waals surface area contributed by atoms with Gasteiger partial charge in [-0.05, 0) is 67.4 Å². The number of carbonyl (C=O) groups is 2. The van der Waals surface area contributed by atoms with Crippen LogP contribution in [0, 0.1) is 19.7 Å². The number of alkyl halides is 3. The lowest BCUT2D eigenvalue weighted by molar-refractivity contribution is -0.137. The molecule has 0 aliphatic heterocycles. The molecule has 0 saturated heterocycles. The number of hydrogen-bond donors (Lipinski definition) is 1. The molecule has 4 rings (SSSR count). The van der Waals surface area contributed by atoms with Gasteiger partial charge in [0.2, 0.25) is 0 Å². The van der Waals surface area contributed by atoms with E-state index >= 15 is 0 Å². The molecule has 0 bridgehead atoms. The van der Waals surface area contributed by atoms with E-state index in [0.717, 1.165) is 33.8 Å². The van der Waals surface area contributed by atoms with Crippen molar-refractivity contribution in [2.24, 2.45) is 4.99 Å². The van der Waals surface area contributed by atoms with Gasteiger partial charge in [0.05, 0.1) is 12.1 Å². The first-order chi connectivity index (χ1) is 18.0. The van der Waals surface area contributed by atoms with E-state index in [1.54, 1.807) is 34.9 Å². The van der Waals surface area contributed by atoms with Crippen molar-refractivity contribution in [2.45, 2.75) is 33.1 Å². The number of hydrogen-bond acceptors (Lipinski definition) is 3. The summed E-state index contributed by atoms with van der Waals surface area (Å²) in [5.41, 5.74) is 1.72. The molecule has 0 unspecified atom stereocenters. The van der Waals surface area contributed by atoms with Crippen molar-refractivity contribution in [1.82, 2.24) is 9.88 Å². The Morgan fingerprint density at radius 1 is 0.921 bits per heavy atom. The van der Waals surface area contributed by atoms with Crippen LogP contribution in [0.15, 0.2) is 77.8 Å². The van der Waals surface area contributed by atoms with Crippen molar-refractivity contribution >= 4 is 23.2 Å². The van der Waals surface area contributed by atoms with E-state index in [4.69, 9.17) is 0 Å². The molecular formula is C28H23F4N3O2S. The molecule has 0 radical (unpaired) electrons. The number of nitrogens with zero attached hydrogens (tertiary/aromatic N) is 2. The first kappa shape index (κ1) is 27.0. The van der Waals surface area contributed by atoms with Crippen LogP contribution >= 0.6 is 11.3 Å². The highest BCUT2D eigenvalue weighted by Crippen LogP contribution is 2.29. The number of nitrogens with one attached hydrogen (secondary N) is 1. The van der Waals surface area contributed by atoms with Crippen LogP contribution in [0.4, 0.5) is 17.6 Å². The molecule has 0 atom stereocenters. The van der Waals surface area contributed by atoms with Crippen LogP contribution in [0.3, 0.4) is 0 Å². The summed E-state index contributed by atoms with van der Waals surface area (Å²) in [4.78, 5) is 30.8. The van der Waals surface area contributed by atoms with Gasteiger partial charge in [0.15, 0.2) is 4.80 Å². The Balaban J connectivity index is 1.56. The molecule has 0 spiro atoms. The molecule has 1 aromatic heterocycles. The first-order valence-electron chi connectivity index (χ1n) is 11.6. The Kier molecular flexibility index (Phi) is 7.91. The average Bonchev–Trinajstić information content (AvgIpc) is 3.15. The lowest BCUT2D eigenvalue weighted by Crippen LogP contribution is -2.23. The molecule has 3 aromatic carbocycles. The van der Waals surface area contributed by atoms with Crippen molar-refractivity contribution in [3.05, 3.63) is 122 Å². The molecule has 10 heteroatoms. The molecule has 1 heterocycles. The summed E-state index contributed by atoms with van der Waals surface area (Å²) in [6, 6.07) is 17.0. The van der Waals surface area contributed by atoms with Gasteiger partial charge in [-0.25, -0.2) is 4.39 Å². The quantitative estimate of drug-likeness (QED) is 0.303. The third-order valence-corrected chi connectivity index (χ3v) is 7.02. The van der Waals surface area contributed by atoms with Gasteiger partial charge in [-0.2, -0.15) is 18.2 Å². The average molecular weight is 542 g/mol. The van der Waals surface area contributed by atoms with E-state index in [-0.39, 0.29) is 23.8 Å². The molecule has 0 saturated carbocycles. The third-order valence-electron chi connectivity index (χ3n) is 5.92. The Labute approximate surface area is 220 Å². The van der Waals surface area contributed by atoms with Gasteiger partial charge >= 0.3 is 6.18 Å². The molecule has 196 valence electrons. The fourth-order valence-corrected chi connectivity index (χ4v) is 4.70. The Hall–Kier alpha value is -4.05. The Morgan fingerprint density at radius 3 is 2.32 bits per heavy atom. The zero-order valence-electron chi connectivity index (χ0n) is 20.5. The van der Waals surface area contributed by atoms with E-state index in [2.05, 4.69) is 10.3 Å². The highest BCUT2D eigenvalue weighted by Gasteiger charge is 2.30. The standard InChI is InChI=1S/C28H23F4N3O2S/c1-17-18(2)38-27(34-26(37)22-7-4-8-23(14-22)28(30,31)32)35(17)16-20-5-3-6-21(13-20)25(36)33-15-19-9-11-24(29)12-10-19/h3-14H,15-16H2,1-2H3,(H,33,36). The summed E-state index contributed by atoms with van der Waals surface area (Å²) in [7, 11) is 0. The van der Waals surface area contributed by atoms with Gasteiger partial charge in [-0.3, -0.25) is 9.59 Å². The zero-order valence-corrected chi connectivity index (χ0v) is 21.3. The fraction of sp³-hybridized carbons (Fsp3) is 0.179. The van der Waals surface area contributed by atoms with Gasteiger partial charge in [0, 0.05) is 28.2 Å². The van der Waals surface area contributed by atoms with Crippen LogP contribution < -0.4 is 10.1 Å². The molecule has 38 heavy (non-hydrogen) atoms. The number of halogens is 4. The van der Waals surface area contributed by atoms with Crippen LogP contribution in [0.5, 0.6) is 0 Å². The van der Waals surface area contributed by atoms with Crippen molar-refractivity contribution in [2.75, 3.05) is 0 Å². The summed E-state index contributed by atoms with van der Waals surface area (Å²) < 4.78 is 54.1. The SMILES string of the molecule is Cc1sc(=NC(=O)c2cccc(C(F)(F)F)c2)n(Cc2cccc(C(=O)NCc3ccc(F)cc3)c2)c1C. The normalized spacial score (nSPS) is 12.0. The second-order valence-corrected chi connectivity index (χ2v) is 9.80. The maximum absolute atomic E-state index is 13.1. The van der Waals surface area contributed by atoms with Crippen LogP contribution in [0.1, 0.15) is 48.0 Å². The maximum Gasteiger partial charge on any atom is 0.416 e. The summed E-state index contributed by atoms with van der Waals surface area (Å²) in [6.07, 6.45) is -4.57. The molecule has 2 amide bonds. The van der Waals surface area contributed by atoms with Gasteiger partial charge in [0.1, 0.15) is 5.82 Å².